The SMILES string of the molecule is COc1ccc(S(=O)(=O)N2CCN(CC(=O)N(C)Cc3ccsc3)CC2)cc1. The van der Waals surface area contributed by atoms with E-state index in [0.29, 0.717) is 45.0 Å². The summed E-state index contributed by atoms with van der Waals surface area (Å²) in [5.41, 5.74) is 1.12. The largest absolute Gasteiger partial charge is 0.497 e. The van der Waals surface area contributed by atoms with E-state index in [-0.39, 0.29) is 10.8 Å². The number of rotatable bonds is 7. The predicted molar refractivity (Wildman–Crippen MR) is 109 cm³/mol. The Balaban J connectivity index is 1.52. The molecule has 152 valence electrons. The lowest BCUT2D eigenvalue weighted by Crippen LogP contribution is -2.51. The lowest BCUT2D eigenvalue weighted by Gasteiger charge is -2.34. The van der Waals surface area contributed by atoms with Gasteiger partial charge in [0.15, 0.2) is 0 Å². The quantitative estimate of drug-likeness (QED) is 0.678. The highest BCUT2D eigenvalue weighted by atomic mass is 32.2. The molecule has 1 fully saturated rings. The zero-order valence-corrected chi connectivity index (χ0v) is 17.7. The third-order valence-corrected chi connectivity index (χ3v) is 7.46. The van der Waals surface area contributed by atoms with E-state index in [4.69, 9.17) is 4.74 Å². The van der Waals surface area contributed by atoms with Gasteiger partial charge in [0.2, 0.25) is 15.9 Å². The van der Waals surface area contributed by atoms with Gasteiger partial charge in [-0.05, 0) is 46.7 Å². The zero-order chi connectivity index (χ0) is 20.1. The first-order chi connectivity index (χ1) is 13.4. The topological polar surface area (TPSA) is 70.2 Å². The number of methoxy groups -OCH3 is 1. The molecule has 0 N–H and O–H groups in total. The number of nitrogens with zero attached hydrogens (tertiary/aromatic N) is 3. The first kappa shape index (κ1) is 20.8. The number of hydrogen-bond acceptors (Lipinski definition) is 6. The van der Waals surface area contributed by atoms with Gasteiger partial charge in [-0.1, -0.05) is 0 Å². The van der Waals surface area contributed by atoms with Crippen molar-refractivity contribution in [1.82, 2.24) is 14.1 Å². The van der Waals surface area contributed by atoms with Crippen LogP contribution in [0.25, 0.3) is 0 Å². The molecular weight excluding hydrogens is 398 g/mol. The molecule has 1 aromatic heterocycles. The minimum atomic E-state index is -3.53. The maximum absolute atomic E-state index is 12.8. The standard InChI is InChI=1S/C19H25N3O4S2/c1-20(13-16-7-12-27-15-16)19(23)14-21-8-10-22(11-9-21)28(24,25)18-5-3-17(26-2)4-6-18/h3-7,12,15H,8-11,13-14H2,1-2H3. The number of hydrogen-bond donors (Lipinski definition) is 0. The maximum Gasteiger partial charge on any atom is 0.243 e. The molecule has 1 aliphatic heterocycles. The Kier molecular flexibility index (Phi) is 6.71. The van der Waals surface area contributed by atoms with Gasteiger partial charge in [-0.15, -0.1) is 0 Å². The second-order valence-corrected chi connectivity index (χ2v) is 9.46. The third kappa shape index (κ3) is 4.91. The number of carbonyl (C=O) groups excluding carboxylic acids is 1. The molecule has 0 saturated carbocycles. The molecule has 28 heavy (non-hydrogen) atoms. The molecule has 2 heterocycles. The van der Waals surface area contributed by atoms with Gasteiger partial charge in [-0.2, -0.15) is 15.6 Å². The summed E-state index contributed by atoms with van der Waals surface area (Å²) in [6, 6.07) is 8.42. The van der Waals surface area contributed by atoms with Gasteiger partial charge in [-0.25, -0.2) is 8.42 Å². The number of amides is 1. The number of benzene rings is 1. The summed E-state index contributed by atoms with van der Waals surface area (Å²) in [4.78, 5) is 16.4. The number of thiophene rings is 1. The number of piperazine rings is 1. The Morgan fingerprint density at radius 1 is 1.14 bits per heavy atom. The van der Waals surface area contributed by atoms with Crippen molar-refractivity contribution in [2.75, 3.05) is 46.9 Å². The highest BCUT2D eigenvalue weighted by Crippen LogP contribution is 2.20. The van der Waals surface area contributed by atoms with E-state index in [2.05, 4.69) is 0 Å². The Hall–Kier alpha value is -1.94. The molecule has 9 heteroatoms. The van der Waals surface area contributed by atoms with Crippen LogP contribution in [0.2, 0.25) is 0 Å². The third-order valence-electron chi connectivity index (χ3n) is 4.81. The normalized spacial score (nSPS) is 16.1. The molecule has 0 unspecified atom stereocenters. The molecule has 7 nitrogen and oxygen atoms in total. The average molecular weight is 424 g/mol. The monoisotopic (exact) mass is 423 g/mol. The van der Waals surface area contributed by atoms with Crippen LogP contribution in [0, 0.1) is 0 Å². The summed E-state index contributed by atoms with van der Waals surface area (Å²) in [6.45, 7) is 2.71. The van der Waals surface area contributed by atoms with E-state index < -0.39 is 10.0 Å². The van der Waals surface area contributed by atoms with Crippen LogP contribution in [0.5, 0.6) is 5.75 Å². The van der Waals surface area contributed by atoms with E-state index in [0.717, 1.165) is 5.56 Å². The molecule has 2 aromatic rings. The van der Waals surface area contributed by atoms with Crippen molar-refractivity contribution >= 4 is 27.3 Å². The molecule has 3 rings (SSSR count). The second-order valence-electron chi connectivity index (χ2n) is 6.74. The van der Waals surface area contributed by atoms with E-state index in [1.807, 2.05) is 21.7 Å². The number of carbonyl (C=O) groups is 1. The number of sulfonamides is 1. The van der Waals surface area contributed by atoms with Crippen LogP contribution < -0.4 is 4.74 Å². The first-order valence-electron chi connectivity index (χ1n) is 9.02. The van der Waals surface area contributed by atoms with Crippen LogP contribution in [0.1, 0.15) is 5.56 Å². The summed E-state index contributed by atoms with van der Waals surface area (Å²) in [6.07, 6.45) is 0. The van der Waals surface area contributed by atoms with Crippen LogP contribution in [0.4, 0.5) is 0 Å². The first-order valence-corrected chi connectivity index (χ1v) is 11.4. The van der Waals surface area contributed by atoms with Gasteiger partial charge in [0.05, 0.1) is 18.6 Å². The Morgan fingerprint density at radius 2 is 1.82 bits per heavy atom. The van der Waals surface area contributed by atoms with Crippen LogP contribution in [-0.4, -0.2) is 75.3 Å². The molecule has 1 amide bonds. The van der Waals surface area contributed by atoms with E-state index in [9.17, 15) is 13.2 Å². The molecule has 0 bridgehead atoms. The van der Waals surface area contributed by atoms with Crippen LogP contribution in [-0.2, 0) is 21.4 Å². The summed E-state index contributed by atoms with van der Waals surface area (Å²) in [5, 5.41) is 4.03. The fraction of sp³-hybridized carbons (Fsp3) is 0.421. The molecule has 1 aliphatic rings. The lowest BCUT2D eigenvalue weighted by molar-refractivity contribution is -0.131. The smallest absolute Gasteiger partial charge is 0.243 e. The van der Waals surface area contributed by atoms with Crippen LogP contribution in [0.3, 0.4) is 0 Å². The van der Waals surface area contributed by atoms with Gasteiger partial charge in [0, 0.05) is 39.8 Å². The zero-order valence-electron chi connectivity index (χ0n) is 16.1. The highest BCUT2D eigenvalue weighted by molar-refractivity contribution is 7.89. The number of ether oxygens (including phenoxy) is 1. The second kappa shape index (κ2) is 9.04. The fourth-order valence-electron chi connectivity index (χ4n) is 3.08. The highest BCUT2D eigenvalue weighted by Gasteiger charge is 2.29. The average Bonchev–Trinajstić information content (AvgIpc) is 3.21. The van der Waals surface area contributed by atoms with Gasteiger partial charge >= 0.3 is 0 Å². The summed E-state index contributed by atoms with van der Waals surface area (Å²) in [5.74, 6) is 0.659. The molecule has 1 saturated heterocycles. The molecule has 0 atom stereocenters. The van der Waals surface area contributed by atoms with E-state index >= 15 is 0 Å². The van der Waals surface area contributed by atoms with E-state index in [1.165, 1.54) is 4.31 Å². The predicted octanol–water partition coefficient (Wildman–Crippen LogP) is 1.72. The maximum atomic E-state index is 12.8. The Labute approximate surface area is 170 Å². The van der Waals surface area contributed by atoms with Gasteiger partial charge < -0.3 is 9.64 Å². The molecule has 1 aromatic carbocycles. The van der Waals surface area contributed by atoms with Gasteiger partial charge in [0.25, 0.3) is 0 Å². The summed E-state index contributed by atoms with van der Waals surface area (Å²) >= 11 is 1.61. The van der Waals surface area contributed by atoms with Crippen LogP contribution >= 0.6 is 11.3 Å². The van der Waals surface area contributed by atoms with Crippen LogP contribution in [0.15, 0.2) is 46.0 Å². The minimum absolute atomic E-state index is 0.0395. The Bertz CT molecular complexity index is 874. The van der Waals surface area contributed by atoms with E-state index in [1.54, 1.807) is 54.7 Å². The summed E-state index contributed by atoms with van der Waals surface area (Å²) in [7, 11) is -0.193. The van der Waals surface area contributed by atoms with Crippen molar-refractivity contribution in [3.05, 3.63) is 46.7 Å². The lowest BCUT2D eigenvalue weighted by atomic mass is 10.3. The van der Waals surface area contributed by atoms with Crippen molar-refractivity contribution in [3.8, 4) is 5.75 Å². The summed E-state index contributed by atoms with van der Waals surface area (Å²) < 4.78 is 32.1. The fourth-order valence-corrected chi connectivity index (χ4v) is 5.16. The molecular formula is C19H25N3O4S2. The molecule has 0 spiro atoms. The molecule has 0 aliphatic carbocycles. The van der Waals surface area contributed by atoms with Gasteiger partial charge in [0.1, 0.15) is 5.75 Å². The van der Waals surface area contributed by atoms with Crippen molar-refractivity contribution in [1.29, 1.82) is 0 Å². The van der Waals surface area contributed by atoms with Crippen molar-refractivity contribution in [3.63, 3.8) is 0 Å². The van der Waals surface area contributed by atoms with Crippen molar-refractivity contribution in [2.45, 2.75) is 11.4 Å². The minimum Gasteiger partial charge on any atom is -0.497 e. The Morgan fingerprint density at radius 3 is 2.39 bits per heavy atom. The van der Waals surface area contributed by atoms with Gasteiger partial charge in [-0.3, -0.25) is 9.69 Å². The number of likely N-dealkylation sites (N-methyl/N-ethyl adjacent to an activating group) is 1. The van der Waals surface area contributed by atoms with Crippen molar-refractivity contribution in [2.24, 2.45) is 0 Å². The molecule has 0 radical (unpaired) electrons. The van der Waals surface area contributed by atoms with Crippen molar-refractivity contribution < 1.29 is 17.9 Å².